The van der Waals surface area contributed by atoms with Crippen LogP contribution in [0.15, 0.2) is 46.9 Å². The van der Waals surface area contributed by atoms with Crippen molar-refractivity contribution in [3.8, 4) is 0 Å². The molecule has 2 nitrogen and oxygen atoms in total. The molecule has 0 aliphatic carbocycles. The second-order valence-electron chi connectivity index (χ2n) is 3.67. The van der Waals surface area contributed by atoms with Gasteiger partial charge >= 0.3 is 0 Å². The van der Waals surface area contributed by atoms with E-state index in [1.807, 2.05) is 31.3 Å². The van der Waals surface area contributed by atoms with Gasteiger partial charge in [-0.05, 0) is 42.8 Å². The third kappa shape index (κ3) is 2.65. The first-order valence-corrected chi connectivity index (χ1v) is 5.64. The number of nitrogens with one attached hydrogen (secondary N) is 1. The molecule has 1 aromatic heterocycles. The van der Waals surface area contributed by atoms with Gasteiger partial charge < -0.3 is 9.73 Å². The Labute approximate surface area is 100 Å². The lowest BCUT2D eigenvalue weighted by molar-refractivity contribution is 0.430. The largest absolute Gasteiger partial charge is 0.448 e. The van der Waals surface area contributed by atoms with Crippen LogP contribution in [0.3, 0.4) is 0 Å². The number of likely N-dealkylation sites (N-methyl/N-ethyl adjacent to an activating group) is 1. The SMILES string of the molecule is CNC(Cc1ccccc1)c1ccc(Cl)o1. The van der Waals surface area contributed by atoms with Gasteiger partial charge in [0.2, 0.25) is 0 Å². The Morgan fingerprint density at radius 3 is 2.50 bits per heavy atom. The zero-order valence-electron chi connectivity index (χ0n) is 9.11. The molecule has 0 spiro atoms. The third-order valence-corrected chi connectivity index (χ3v) is 2.77. The van der Waals surface area contributed by atoms with Gasteiger partial charge in [0.05, 0.1) is 6.04 Å². The van der Waals surface area contributed by atoms with Crippen molar-refractivity contribution < 1.29 is 4.42 Å². The highest BCUT2D eigenvalue weighted by Gasteiger charge is 2.13. The highest BCUT2D eigenvalue weighted by Crippen LogP contribution is 2.22. The molecule has 0 amide bonds. The maximum absolute atomic E-state index is 5.77. The average Bonchev–Trinajstić information content (AvgIpc) is 2.74. The van der Waals surface area contributed by atoms with Crippen molar-refractivity contribution in [3.63, 3.8) is 0 Å². The van der Waals surface area contributed by atoms with Crippen LogP contribution in [0.1, 0.15) is 17.4 Å². The number of furan rings is 1. The summed E-state index contributed by atoms with van der Waals surface area (Å²) < 4.78 is 5.41. The Hall–Kier alpha value is -1.25. The van der Waals surface area contributed by atoms with Gasteiger partial charge in [-0.25, -0.2) is 0 Å². The average molecular weight is 236 g/mol. The number of halogens is 1. The van der Waals surface area contributed by atoms with Gasteiger partial charge in [-0.3, -0.25) is 0 Å². The summed E-state index contributed by atoms with van der Waals surface area (Å²) in [4.78, 5) is 0. The van der Waals surface area contributed by atoms with E-state index in [1.54, 1.807) is 6.07 Å². The molecule has 16 heavy (non-hydrogen) atoms. The molecule has 0 fully saturated rings. The molecule has 1 unspecified atom stereocenters. The number of hydrogen-bond donors (Lipinski definition) is 1. The van der Waals surface area contributed by atoms with Crippen molar-refractivity contribution >= 4 is 11.6 Å². The Morgan fingerprint density at radius 1 is 1.19 bits per heavy atom. The van der Waals surface area contributed by atoms with Gasteiger partial charge in [-0.2, -0.15) is 0 Å². The van der Waals surface area contributed by atoms with Crippen molar-refractivity contribution in [3.05, 3.63) is 59.0 Å². The number of rotatable bonds is 4. The molecule has 3 heteroatoms. The van der Waals surface area contributed by atoms with Crippen molar-refractivity contribution in [2.45, 2.75) is 12.5 Å². The molecule has 0 saturated carbocycles. The second-order valence-corrected chi connectivity index (χ2v) is 4.05. The molecule has 84 valence electrons. The van der Waals surface area contributed by atoms with E-state index in [0.29, 0.717) is 5.22 Å². The summed E-state index contributed by atoms with van der Waals surface area (Å²) >= 11 is 5.77. The zero-order chi connectivity index (χ0) is 11.4. The number of benzene rings is 1. The van der Waals surface area contributed by atoms with Crippen molar-refractivity contribution in [2.24, 2.45) is 0 Å². The monoisotopic (exact) mass is 235 g/mol. The van der Waals surface area contributed by atoms with Crippen LogP contribution in [0.2, 0.25) is 5.22 Å². The molecule has 2 aromatic rings. The van der Waals surface area contributed by atoms with Crippen LogP contribution in [-0.4, -0.2) is 7.05 Å². The normalized spacial score (nSPS) is 12.6. The molecule has 1 N–H and O–H groups in total. The van der Waals surface area contributed by atoms with E-state index in [4.69, 9.17) is 16.0 Å². The van der Waals surface area contributed by atoms with E-state index in [2.05, 4.69) is 17.4 Å². The maximum Gasteiger partial charge on any atom is 0.193 e. The molecule has 0 aliphatic heterocycles. The van der Waals surface area contributed by atoms with Gasteiger partial charge in [0.25, 0.3) is 0 Å². The standard InChI is InChI=1S/C13H14ClNO/c1-15-11(12-7-8-13(14)16-12)9-10-5-3-2-4-6-10/h2-8,11,15H,9H2,1H3. The molecule has 0 saturated heterocycles. The quantitative estimate of drug-likeness (QED) is 0.878. The molecule has 1 atom stereocenters. The first-order valence-electron chi connectivity index (χ1n) is 5.26. The fourth-order valence-corrected chi connectivity index (χ4v) is 1.86. The Morgan fingerprint density at radius 2 is 1.94 bits per heavy atom. The van der Waals surface area contributed by atoms with Crippen LogP contribution < -0.4 is 5.32 Å². The first-order chi connectivity index (χ1) is 7.79. The van der Waals surface area contributed by atoms with Crippen LogP contribution in [-0.2, 0) is 6.42 Å². The van der Waals surface area contributed by atoms with Crippen LogP contribution >= 0.6 is 11.6 Å². The lowest BCUT2D eigenvalue weighted by atomic mass is 10.0. The van der Waals surface area contributed by atoms with E-state index in [9.17, 15) is 0 Å². The van der Waals surface area contributed by atoms with E-state index in [0.717, 1.165) is 12.2 Å². The van der Waals surface area contributed by atoms with Crippen molar-refractivity contribution in [2.75, 3.05) is 7.05 Å². The maximum atomic E-state index is 5.77. The van der Waals surface area contributed by atoms with Gasteiger partial charge in [0, 0.05) is 0 Å². The predicted octanol–water partition coefficient (Wildman–Crippen LogP) is 3.44. The lowest BCUT2D eigenvalue weighted by Gasteiger charge is -2.13. The minimum atomic E-state index is 0.162. The van der Waals surface area contributed by atoms with E-state index < -0.39 is 0 Å². The van der Waals surface area contributed by atoms with Crippen molar-refractivity contribution in [1.29, 1.82) is 0 Å². The highest BCUT2D eigenvalue weighted by molar-refractivity contribution is 6.28. The summed E-state index contributed by atoms with van der Waals surface area (Å²) in [6.45, 7) is 0. The lowest BCUT2D eigenvalue weighted by Crippen LogP contribution is -2.18. The van der Waals surface area contributed by atoms with Gasteiger partial charge in [-0.15, -0.1) is 0 Å². The van der Waals surface area contributed by atoms with E-state index in [-0.39, 0.29) is 6.04 Å². The first kappa shape index (κ1) is 11.2. The van der Waals surface area contributed by atoms with Gasteiger partial charge in [0.15, 0.2) is 5.22 Å². The molecular formula is C13H14ClNO. The van der Waals surface area contributed by atoms with Gasteiger partial charge in [0.1, 0.15) is 5.76 Å². The summed E-state index contributed by atoms with van der Waals surface area (Å²) in [5.41, 5.74) is 1.27. The summed E-state index contributed by atoms with van der Waals surface area (Å²) in [6, 6.07) is 14.1. The summed E-state index contributed by atoms with van der Waals surface area (Å²) in [6.07, 6.45) is 0.890. The molecule has 1 aromatic carbocycles. The second kappa shape index (κ2) is 5.19. The predicted molar refractivity (Wildman–Crippen MR) is 65.7 cm³/mol. The Kier molecular flexibility index (Phi) is 3.65. The van der Waals surface area contributed by atoms with Crippen LogP contribution in [0, 0.1) is 0 Å². The molecule has 0 bridgehead atoms. The zero-order valence-corrected chi connectivity index (χ0v) is 9.87. The molecule has 1 heterocycles. The highest BCUT2D eigenvalue weighted by atomic mass is 35.5. The summed E-state index contributed by atoms with van der Waals surface area (Å²) in [5, 5.41) is 3.66. The fourth-order valence-electron chi connectivity index (χ4n) is 1.71. The fraction of sp³-hybridized carbons (Fsp3) is 0.231. The van der Waals surface area contributed by atoms with Crippen molar-refractivity contribution in [1.82, 2.24) is 5.32 Å². The van der Waals surface area contributed by atoms with E-state index in [1.165, 1.54) is 5.56 Å². The smallest absolute Gasteiger partial charge is 0.193 e. The van der Waals surface area contributed by atoms with E-state index >= 15 is 0 Å². The van der Waals surface area contributed by atoms with Gasteiger partial charge in [-0.1, -0.05) is 30.3 Å². The minimum absolute atomic E-state index is 0.162. The molecule has 0 aliphatic rings. The van der Waals surface area contributed by atoms with Crippen LogP contribution in [0.25, 0.3) is 0 Å². The third-order valence-electron chi connectivity index (χ3n) is 2.57. The number of hydrogen-bond acceptors (Lipinski definition) is 2. The summed E-state index contributed by atoms with van der Waals surface area (Å²) in [5.74, 6) is 0.872. The van der Waals surface area contributed by atoms with Crippen LogP contribution in [0.5, 0.6) is 0 Å². The topological polar surface area (TPSA) is 25.2 Å². The molecule has 0 radical (unpaired) electrons. The molecular weight excluding hydrogens is 222 g/mol. The Bertz CT molecular complexity index is 438. The summed E-state index contributed by atoms with van der Waals surface area (Å²) in [7, 11) is 1.92. The minimum Gasteiger partial charge on any atom is -0.448 e. The molecule has 2 rings (SSSR count). The van der Waals surface area contributed by atoms with Crippen LogP contribution in [0.4, 0.5) is 0 Å². The Balaban J connectivity index is 2.12.